The predicted molar refractivity (Wildman–Crippen MR) is 261 cm³/mol. The molecule has 12 amide bonds. The highest BCUT2D eigenvalue weighted by molar-refractivity contribution is 6.00. The first-order chi connectivity index (χ1) is 34.4. The number of hydrogen-bond acceptors (Lipinski definition) is 14. The number of aromatic nitrogens is 1. The maximum Gasteiger partial charge on any atom is 0.305 e. The van der Waals surface area contributed by atoms with E-state index in [0.29, 0.717) is 5.56 Å². The van der Waals surface area contributed by atoms with Gasteiger partial charge in [0.1, 0.15) is 54.4 Å². The number of fused-ring (bicyclic) bond motifs is 1. The molecule has 0 saturated heterocycles. The van der Waals surface area contributed by atoms with Crippen LogP contribution in [0.1, 0.15) is 86.6 Å². The van der Waals surface area contributed by atoms with E-state index in [1.165, 1.54) is 27.7 Å². The van der Waals surface area contributed by atoms with E-state index in [0.717, 1.165) is 24.8 Å². The molecule has 28 heteroatoms. The lowest BCUT2D eigenvalue weighted by molar-refractivity contribution is -0.141. The summed E-state index contributed by atoms with van der Waals surface area (Å²) < 4.78 is 0. The highest BCUT2D eigenvalue weighted by Gasteiger charge is 2.37. The van der Waals surface area contributed by atoms with E-state index in [1.54, 1.807) is 20.0 Å². The summed E-state index contributed by atoms with van der Waals surface area (Å²) in [6, 6.07) is -6.43. The van der Waals surface area contributed by atoms with Gasteiger partial charge in [0.15, 0.2) is 0 Å². The van der Waals surface area contributed by atoms with Gasteiger partial charge in [-0.15, -0.1) is 0 Å². The third-order valence-corrected chi connectivity index (χ3v) is 11.2. The Balaban J connectivity index is 2.17. The first kappa shape index (κ1) is 61.9. The molecule has 0 bridgehead atoms. The third-order valence-electron chi connectivity index (χ3n) is 11.2. The van der Waals surface area contributed by atoms with Gasteiger partial charge in [-0.05, 0) is 50.7 Å². The van der Waals surface area contributed by atoms with Gasteiger partial charge in [-0.1, -0.05) is 45.9 Å². The van der Waals surface area contributed by atoms with Gasteiger partial charge in [-0.2, -0.15) is 0 Å². The summed E-state index contributed by atoms with van der Waals surface area (Å²) in [5, 5.41) is 41.9. The van der Waals surface area contributed by atoms with Crippen molar-refractivity contribution in [3.8, 4) is 0 Å². The van der Waals surface area contributed by atoms with E-state index in [4.69, 9.17) is 17.2 Å². The number of carboxylic acids is 1. The molecule has 28 nitrogen and oxygen atoms in total. The quantitative estimate of drug-likeness (QED) is 0.0348. The van der Waals surface area contributed by atoms with Gasteiger partial charge in [-0.25, -0.2) is 0 Å². The minimum absolute atomic E-state index is 0.0446. The van der Waals surface area contributed by atoms with Crippen LogP contribution in [0.15, 0.2) is 30.5 Å². The second-order valence-electron chi connectivity index (χ2n) is 18.3. The van der Waals surface area contributed by atoms with Crippen LogP contribution in [0, 0.1) is 11.8 Å². The molecule has 0 spiro atoms. The van der Waals surface area contributed by atoms with Crippen molar-refractivity contribution in [2.75, 3.05) is 0 Å². The SMILES string of the molecule is CC(=O)N[C@@H](CCC(N)=O)C(=O)N[C@@H](CC(=O)O)C(=O)N[C@H](C(=O)N[C@@H](CC(N)=O)C(=O)N[C@H](C(=O)N[C@@H](C)C(=O)N[C@H](C(=O)N[C@@H](C)C(=O)N[C@@H](Cc1c[nH]c2ccccc12)C(N)=O)C(C)C)[C@@H](C)O)C(C)C. The van der Waals surface area contributed by atoms with Crippen molar-refractivity contribution in [3.05, 3.63) is 36.0 Å². The van der Waals surface area contributed by atoms with Gasteiger partial charge < -0.3 is 80.2 Å². The van der Waals surface area contributed by atoms with Gasteiger partial charge in [0, 0.05) is 36.9 Å². The normalized spacial score (nSPS) is 15.2. The topological polar surface area (TPSA) is 464 Å². The molecule has 1 heterocycles. The Hall–Kier alpha value is -8.17. The van der Waals surface area contributed by atoms with E-state index in [2.05, 4.69) is 52.8 Å². The van der Waals surface area contributed by atoms with Crippen LogP contribution in [0.25, 0.3) is 10.9 Å². The zero-order valence-corrected chi connectivity index (χ0v) is 42.3. The lowest BCUT2D eigenvalue weighted by Gasteiger charge is -2.29. The number of aliphatic hydroxyl groups is 1. The lowest BCUT2D eigenvalue weighted by atomic mass is 10.0. The molecule has 0 aliphatic heterocycles. The molecule has 0 aliphatic rings. The first-order valence-electron chi connectivity index (χ1n) is 23.4. The number of carboxylic acid groups (broad SMARTS) is 1. The molecule has 1 aromatic heterocycles. The number of primary amides is 3. The summed E-state index contributed by atoms with van der Waals surface area (Å²) in [5.41, 5.74) is 17.6. The van der Waals surface area contributed by atoms with Crippen LogP contribution >= 0.6 is 0 Å². The molecule has 1 aromatic carbocycles. The number of aromatic amines is 1. The van der Waals surface area contributed by atoms with Crippen LogP contribution in [-0.2, 0) is 68.7 Å². The Labute approximate surface area is 425 Å². The monoisotopic (exact) mass is 1040 g/mol. The fourth-order valence-electron chi connectivity index (χ4n) is 7.17. The number of aliphatic carboxylic acids is 1. The summed E-state index contributed by atoms with van der Waals surface area (Å²) in [7, 11) is 0. The van der Waals surface area contributed by atoms with Gasteiger partial charge in [0.25, 0.3) is 0 Å². The molecule has 2 aromatic rings. The first-order valence-corrected chi connectivity index (χ1v) is 23.4. The van der Waals surface area contributed by atoms with Crippen LogP contribution in [0.4, 0.5) is 0 Å². The van der Waals surface area contributed by atoms with Gasteiger partial charge in [0.2, 0.25) is 70.9 Å². The molecular formula is C46H69N13O15. The Morgan fingerprint density at radius 1 is 0.527 bits per heavy atom. The molecule has 2 rings (SSSR count). The van der Waals surface area contributed by atoms with Crippen LogP contribution in [0.3, 0.4) is 0 Å². The molecule has 0 saturated carbocycles. The number of para-hydroxylation sites is 1. The number of amides is 12. The molecule has 0 aliphatic carbocycles. The standard InChI is InChI=1S/C46H69N13O15/c1-19(2)35(44(72)51-21(5)39(67)54-29(38(49)66)15-25-18-50-27-12-10-9-11-26(25)27)57-40(68)22(6)52-46(74)37(23(7)60)59-42(70)30(16-33(48)63)56-45(73)36(20(3)4)58-43(71)31(17-34(64)65)55-41(69)28(53-24(8)61)13-14-32(47)62/h9-12,18-23,28-31,35-37,50,60H,13-17H2,1-8H3,(H2,47,62)(H2,48,63)(H2,49,66)(H,51,72)(H,52,74)(H,53,61)(H,54,67)(H,55,69)(H,56,73)(H,57,68)(H,58,71)(H,59,70)(H,64,65)/t21-,22-,23+,28-,29-,30-,31-,35-,36-,37-/m0/s1. The molecule has 0 unspecified atom stereocenters. The van der Waals surface area contributed by atoms with E-state index >= 15 is 0 Å². The number of H-pyrrole nitrogens is 1. The van der Waals surface area contributed by atoms with Crippen molar-refractivity contribution in [3.63, 3.8) is 0 Å². The Kier molecular flexibility index (Phi) is 24.1. The fraction of sp³-hybridized carbons (Fsp3) is 0.543. The van der Waals surface area contributed by atoms with Crippen LogP contribution in [-0.4, -0.2) is 153 Å². The largest absolute Gasteiger partial charge is 0.481 e. The number of carbonyl (C=O) groups excluding carboxylic acids is 12. The predicted octanol–water partition coefficient (Wildman–Crippen LogP) is -5.07. The number of hydrogen-bond donors (Lipinski definition) is 15. The highest BCUT2D eigenvalue weighted by atomic mass is 16.4. The molecule has 18 N–H and O–H groups in total. The highest BCUT2D eigenvalue weighted by Crippen LogP contribution is 2.19. The summed E-state index contributed by atoms with van der Waals surface area (Å²) in [6.45, 7) is 10.8. The van der Waals surface area contributed by atoms with Crippen LogP contribution in [0.5, 0.6) is 0 Å². The average Bonchev–Trinajstić information content (AvgIpc) is 3.70. The number of nitrogens with one attached hydrogen (secondary N) is 10. The number of nitrogens with two attached hydrogens (primary N) is 3. The maximum absolute atomic E-state index is 13.7. The van der Waals surface area contributed by atoms with Gasteiger partial charge in [-0.3, -0.25) is 62.3 Å². The minimum atomic E-state index is -1.87. The molecule has 0 radical (unpaired) electrons. The second kappa shape index (κ2) is 28.8. The van der Waals surface area contributed by atoms with Gasteiger partial charge >= 0.3 is 5.97 Å². The summed E-state index contributed by atoms with van der Waals surface area (Å²) in [6.07, 6.45) is -2.56. The molecule has 10 atom stereocenters. The Morgan fingerprint density at radius 3 is 1.46 bits per heavy atom. The van der Waals surface area contributed by atoms with Crippen molar-refractivity contribution in [1.82, 2.24) is 52.8 Å². The summed E-state index contributed by atoms with van der Waals surface area (Å²) in [5.74, 6) is -14.8. The summed E-state index contributed by atoms with van der Waals surface area (Å²) >= 11 is 0. The smallest absolute Gasteiger partial charge is 0.305 e. The number of rotatable bonds is 30. The number of aliphatic hydroxyl groups excluding tert-OH is 1. The van der Waals surface area contributed by atoms with Crippen molar-refractivity contribution >= 4 is 87.8 Å². The molecule has 74 heavy (non-hydrogen) atoms. The van der Waals surface area contributed by atoms with Crippen molar-refractivity contribution in [2.45, 2.75) is 148 Å². The molecule has 0 fully saturated rings. The van der Waals surface area contributed by atoms with Crippen LogP contribution in [0.2, 0.25) is 0 Å². The van der Waals surface area contributed by atoms with E-state index in [1.807, 2.05) is 24.3 Å². The summed E-state index contributed by atoms with van der Waals surface area (Å²) in [4.78, 5) is 170. The number of benzene rings is 1. The fourth-order valence-corrected chi connectivity index (χ4v) is 7.17. The molecule has 408 valence electrons. The average molecular weight is 1040 g/mol. The lowest BCUT2D eigenvalue weighted by Crippen LogP contribution is -2.62. The Bertz CT molecular complexity index is 2420. The van der Waals surface area contributed by atoms with Crippen LogP contribution < -0.4 is 65.1 Å². The zero-order valence-electron chi connectivity index (χ0n) is 42.3. The Morgan fingerprint density at radius 2 is 0.973 bits per heavy atom. The van der Waals surface area contributed by atoms with Crippen molar-refractivity contribution in [1.29, 1.82) is 0 Å². The number of carbonyl (C=O) groups is 13. The third kappa shape index (κ3) is 19.8. The van der Waals surface area contributed by atoms with Gasteiger partial charge in [0.05, 0.1) is 18.9 Å². The van der Waals surface area contributed by atoms with E-state index in [9.17, 15) is 72.5 Å². The zero-order chi connectivity index (χ0) is 56.3. The maximum atomic E-state index is 13.7. The van der Waals surface area contributed by atoms with E-state index in [-0.39, 0.29) is 19.3 Å². The minimum Gasteiger partial charge on any atom is -0.481 e. The van der Waals surface area contributed by atoms with Crippen molar-refractivity contribution in [2.24, 2.45) is 29.0 Å². The van der Waals surface area contributed by atoms with E-state index < -0.39 is 162 Å². The second-order valence-corrected chi connectivity index (χ2v) is 18.3. The molecular weight excluding hydrogens is 975 g/mol. The van der Waals surface area contributed by atoms with Crippen molar-refractivity contribution < 1.29 is 72.5 Å².